The molecule has 1 amide bonds. The van der Waals surface area contributed by atoms with Crippen molar-refractivity contribution in [2.24, 2.45) is 0 Å². The maximum absolute atomic E-state index is 13.9. The molecule has 0 spiro atoms. The number of nitrogens with zero attached hydrogens (tertiary/aromatic N) is 4. The molecule has 1 atom stereocenters. The Bertz CT molecular complexity index is 973. The Morgan fingerprint density at radius 3 is 2.68 bits per heavy atom. The van der Waals surface area contributed by atoms with Gasteiger partial charge >= 0.3 is 0 Å². The number of carbonyl (C=O) groups is 1. The van der Waals surface area contributed by atoms with Crippen molar-refractivity contribution in [1.29, 1.82) is 0 Å². The number of aryl methyl sites for hydroxylation is 1. The average molecular weight is 376 g/mol. The SMILES string of the molecule is Cc1cnc(C(=O)N2CCC[C@@H]2c2ccc(Cc3ccccc3F)cn2)cn1. The number of hydrogen-bond donors (Lipinski definition) is 0. The molecule has 142 valence electrons. The molecule has 1 aliphatic heterocycles. The third kappa shape index (κ3) is 3.76. The van der Waals surface area contributed by atoms with Crippen molar-refractivity contribution in [3.63, 3.8) is 0 Å². The third-order valence-corrected chi connectivity index (χ3v) is 5.06. The largest absolute Gasteiger partial charge is 0.329 e. The van der Waals surface area contributed by atoms with E-state index in [0.29, 0.717) is 24.2 Å². The van der Waals surface area contributed by atoms with E-state index in [1.54, 1.807) is 24.5 Å². The molecule has 0 bridgehead atoms. The summed E-state index contributed by atoms with van der Waals surface area (Å²) in [5, 5.41) is 0. The van der Waals surface area contributed by atoms with Gasteiger partial charge in [-0.1, -0.05) is 24.3 Å². The fraction of sp³-hybridized carbons (Fsp3) is 0.273. The van der Waals surface area contributed by atoms with Gasteiger partial charge in [0.05, 0.1) is 23.6 Å². The van der Waals surface area contributed by atoms with Crippen molar-refractivity contribution in [1.82, 2.24) is 19.9 Å². The summed E-state index contributed by atoms with van der Waals surface area (Å²) in [6, 6.07) is 10.6. The Balaban J connectivity index is 1.50. The molecule has 0 radical (unpaired) electrons. The van der Waals surface area contributed by atoms with Gasteiger partial charge in [-0.2, -0.15) is 0 Å². The number of rotatable bonds is 4. The summed E-state index contributed by atoms with van der Waals surface area (Å²) in [6.45, 7) is 2.52. The van der Waals surface area contributed by atoms with Crippen LogP contribution in [-0.4, -0.2) is 32.3 Å². The molecule has 2 aromatic heterocycles. The second-order valence-corrected chi connectivity index (χ2v) is 7.06. The van der Waals surface area contributed by atoms with Crippen LogP contribution in [0.3, 0.4) is 0 Å². The minimum Gasteiger partial charge on any atom is -0.329 e. The first-order chi connectivity index (χ1) is 13.6. The van der Waals surface area contributed by atoms with Gasteiger partial charge in [0.15, 0.2) is 0 Å². The van der Waals surface area contributed by atoms with Crippen molar-refractivity contribution in [3.8, 4) is 0 Å². The van der Waals surface area contributed by atoms with Crippen LogP contribution >= 0.6 is 0 Å². The van der Waals surface area contributed by atoms with E-state index in [9.17, 15) is 9.18 Å². The Hall–Kier alpha value is -3.15. The topological polar surface area (TPSA) is 59.0 Å². The lowest BCUT2D eigenvalue weighted by Gasteiger charge is -2.24. The highest BCUT2D eigenvalue weighted by Crippen LogP contribution is 2.32. The summed E-state index contributed by atoms with van der Waals surface area (Å²) in [5.41, 5.74) is 3.57. The van der Waals surface area contributed by atoms with E-state index in [0.717, 1.165) is 29.8 Å². The highest BCUT2D eigenvalue weighted by molar-refractivity contribution is 5.92. The number of halogens is 1. The van der Waals surface area contributed by atoms with Gasteiger partial charge in [-0.05, 0) is 43.0 Å². The number of aromatic nitrogens is 3. The predicted octanol–water partition coefficient (Wildman–Crippen LogP) is 3.89. The number of benzene rings is 1. The van der Waals surface area contributed by atoms with E-state index < -0.39 is 0 Å². The van der Waals surface area contributed by atoms with Crippen LogP contribution in [0, 0.1) is 12.7 Å². The third-order valence-electron chi connectivity index (χ3n) is 5.06. The van der Waals surface area contributed by atoms with Crippen LogP contribution in [0.1, 0.15) is 51.9 Å². The van der Waals surface area contributed by atoms with Crippen molar-refractivity contribution < 1.29 is 9.18 Å². The zero-order valence-corrected chi connectivity index (χ0v) is 15.7. The molecule has 3 heterocycles. The van der Waals surface area contributed by atoms with Gasteiger partial charge in [-0.15, -0.1) is 0 Å². The maximum Gasteiger partial charge on any atom is 0.274 e. The summed E-state index contributed by atoms with van der Waals surface area (Å²) in [5.74, 6) is -0.328. The molecule has 0 saturated carbocycles. The summed E-state index contributed by atoms with van der Waals surface area (Å²) in [4.78, 5) is 27.6. The lowest BCUT2D eigenvalue weighted by Crippen LogP contribution is -2.31. The molecule has 1 aliphatic rings. The van der Waals surface area contributed by atoms with Crippen molar-refractivity contribution >= 4 is 5.91 Å². The summed E-state index contributed by atoms with van der Waals surface area (Å²) in [6.07, 6.45) is 7.19. The first-order valence-electron chi connectivity index (χ1n) is 9.39. The molecule has 5 nitrogen and oxygen atoms in total. The summed E-state index contributed by atoms with van der Waals surface area (Å²) < 4.78 is 13.9. The van der Waals surface area contributed by atoms with Gasteiger partial charge in [-0.25, -0.2) is 9.37 Å². The Kier molecular flexibility index (Phi) is 5.10. The van der Waals surface area contributed by atoms with E-state index in [1.165, 1.54) is 12.3 Å². The minimum absolute atomic E-state index is 0.0712. The number of pyridine rings is 1. The van der Waals surface area contributed by atoms with Gasteiger partial charge in [0, 0.05) is 25.4 Å². The monoisotopic (exact) mass is 376 g/mol. The smallest absolute Gasteiger partial charge is 0.274 e. The number of hydrogen-bond acceptors (Lipinski definition) is 4. The second-order valence-electron chi connectivity index (χ2n) is 7.06. The average Bonchev–Trinajstić information content (AvgIpc) is 3.20. The number of carbonyl (C=O) groups excluding carboxylic acids is 1. The van der Waals surface area contributed by atoms with E-state index in [-0.39, 0.29) is 17.8 Å². The van der Waals surface area contributed by atoms with E-state index in [2.05, 4.69) is 15.0 Å². The van der Waals surface area contributed by atoms with Crippen LogP contribution < -0.4 is 0 Å². The summed E-state index contributed by atoms with van der Waals surface area (Å²) >= 11 is 0. The van der Waals surface area contributed by atoms with Crippen molar-refractivity contribution in [2.75, 3.05) is 6.54 Å². The van der Waals surface area contributed by atoms with Crippen LogP contribution in [0.2, 0.25) is 0 Å². The molecule has 6 heteroatoms. The number of amides is 1. The normalized spacial score (nSPS) is 16.4. The second kappa shape index (κ2) is 7.84. The van der Waals surface area contributed by atoms with Crippen LogP contribution in [0.4, 0.5) is 4.39 Å². The van der Waals surface area contributed by atoms with Gasteiger partial charge < -0.3 is 4.90 Å². The number of likely N-dealkylation sites (tertiary alicyclic amines) is 1. The summed E-state index contributed by atoms with van der Waals surface area (Å²) in [7, 11) is 0. The molecular weight excluding hydrogens is 355 g/mol. The van der Waals surface area contributed by atoms with Gasteiger partial charge in [-0.3, -0.25) is 14.8 Å². The molecule has 1 fully saturated rings. The zero-order chi connectivity index (χ0) is 19.5. The van der Waals surface area contributed by atoms with Crippen LogP contribution in [0.5, 0.6) is 0 Å². The molecule has 0 N–H and O–H groups in total. The highest BCUT2D eigenvalue weighted by Gasteiger charge is 2.32. The fourth-order valence-electron chi connectivity index (χ4n) is 3.57. The van der Waals surface area contributed by atoms with E-state index in [1.807, 2.05) is 30.0 Å². The molecule has 0 unspecified atom stereocenters. The Morgan fingerprint density at radius 2 is 1.96 bits per heavy atom. The molecular formula is C22H21FN4O. The van der Waals surface area contributed by atoms with Crippen molar-refractivity contribution in [3.05, 3.63) is 89.0 Å². The first-order valence-corrected chi connectivity index (χ1v) is 9.39. The minimum atomic E-state index is -0.210. The van der Waals surface area contributed by atoms with Crippen LogP contribution in [-0.2, 0) is 6.42 Å². The molecule has 3 aromatic rings. The first kappa shape index (κ1) is 18.2. The van der Waals surface area contributed by atoms with Crippen LogP contribution in [0.15, 0.2) is 55.0 Å². The molecule has 1 aromatic carbocycles. The van der Waals surface area contributed by atoms with Gasteiger partial charge in [0.1, 0.15) is 11.5 Å². The predicted molar refractivity (Wildman–Crippen MR) is 103 cm³/mol. The molecule has 0 aliphatic carbocycles. The van der Waals surface area contributed by atoms with Gasteiger partial charge in [0.25, 0.3) is 5.91 Å². The molecule has 28 heavy (non-hydrogen) atoms. The molecule has 4 rings (SSSR count). The van der Waals surface area contributed by atoms with Crippen molar-refractivity contribution in [2.45, 2.75) is 32.2 Å². The van der Waals surface area contributed by atoms with Crippen LogP contribution in [0.25, 0.3) is 0 Å². The Labute approximate surface area is 163 Å². The highest BCUT2D eigenvalue weighted by atomic mass is 19.1. The Morgan fingerprint density at radius 1 is 1.11 bits per heavy atom. The lowest BCUT2D eigenvalue weighted by molar-refractivity contribution is 0.0726. The van der Waals surface area contributed by atoms with Gasteiger partial charge in [0.2, 0.25) is 0 Å². The quantitative estimate of drug-likeness (QED) is 0.693. The maximum atomic E-state index is 13.9. The zero-order valence-electron chi connectivity index (χ0n) is 15.7. The fourth-order valence-corrected chi connectivity index (χ4v) is 3.57. The van der Waals surface area contributed by atoms with E-state index in [4.69, 9.17) is 0 Å². The standard InChI is InChI=1S/C22H21FN4O/c1-15-12-25-20(14-24-15)22(28)27-10-4-7-21(27)19-9-8-16(13-26-19)11-17-5-2-3-6-18(17)23/h2-3,5-6,8-9,12-14,21H,4,7,10-11H2,1H3/t21-/m1/s1. The molecule has 1 saturated heterocycles. The van der Waals surface area contributed by atoms with E-state index >= 15 is 0 Å². The lowest BCUT2D eigenvalue weighted by atomic mass is 10.0.